The van der Waals surface area contributed by atoms with Crippen LogP contribution in [0.2, 0.25) is 0 Å². The molecule has 1 heterocycles. The van der Waals surface area contributed by atoms with E-state index in [1.807, 2.05) is 30.3 Å². The first-order valence-corrected chi connectivity index (χ1v) is 9.64. The van der Waals surface area contributed by atoms with Gasteiger partial charge in [0.2, 0.25) is 5.91 Å². The van der Waals surface area contributed by atoms with Gasteiger partial charge in [-0.1, -0.05) is 30.3 Å². The van der Waals surface area contributed by atoms with Gasteiger partial charge in [-0.05, 0) is 37.1 Å². The van der Waals surface area contributed by atoms with Gasteiger partial charge in [-0.25, -0.2) is 0 Å². The number of methoxy groups -OCH3 is 1. The molecule has 1 saturated heterocycles. The maximum atomic E-state index is 12.5. The number of carbonyl (C=O) groups is 3. The second kappa shape index (κ2) is 9.37. The van der Waals surface area contributed by atoms with Crippen LogP contribution in [0, 0.1) is 5.92 Å². The highest BCUT2D eigenvalue weighted by molar-refractivity contribution is 5.94. The van der Waals surface area contributed by atoms with E-state index in [1.165, 1.54) is 14.0 Å². The molecule has 1 aliphatic heterocycles. The van der Waals surface area contributed by atoms with Gasteiger partial charge in [0.05, 0.1) is 13.0 Å². The second-order valence-electron chi connectivity index (χ2n) is 7.17. The fourth-order valence-corrected chi connectivity index (χ4v) is 3.43. The number of likely N-dealkylation sites (tertiary alicyclic amines) is 1. The van der Waals surface area contributed by atoms with Crippen molar-refractivity contribution < 1.29 is 23.9 Å². The molecule has 0 saturated carbocycles. The standard InChI is InChI=1S/C23H25NO5/c1-16(25)18-8-9-21(28-2)20(12-18)15-29-23(27)19-13-22(26)24(14-19)11-10-17-6-4-3-5-7-17/h3-9,12,19H,10-11,13-15H2,1-2H3/t19-/m1/s1. The first-order chi connectivity index (χ1) is 14.0. The van der Waals surface area contributed by atoms with Crippen molar-refractivity contribution in [3.63, 3.8) is 0 Å². The molecule has 3 rings (SSSR count). The van der Waals surface area contributed by atoms with E-state index >= 15 is 0 Å². The molecule has 6 heteroatoms. The molecule has 0 aliphatic carbocycles. The zero-order chi connectivity index (χ0) is 20.8. The zero-order valence-corrected chi connectivity index (χ0v) is 16.7. The van der Waals surface area contributed by atoms with Crippen molar-refractivity contribution in [1.82, 2.24) is 4.90 Å². The predicted octanol–water partition coefficient (Wildman–Crippen LogP) is 3.03. The first-order valence-electron chi connectivity index (χ1n) is 9.64. The summed E-state index contributed by atoms with van der Waals surface area (Å²) in [6, 6.07) is 15.0. The quantitative estimate of drug-likeness (QED) is 0.507. The first kappa shape index (κ1) is 20.6. The normalized spacial score (nSPS) is 16.0. The molecule has 0 radical (unpaired) electrons. The maximum absolute atomic E-state index is 12.5. The highest BCUT2D eigenvalue weighted by Crippen LogP contribution is 2.24. The molecule has 0 bridgehead atoms. The highest BCUT2D eigenvalue weighted by Gasteiger charge is 2.35. The van der Waals surface area contributed by atoms with Crippen molar-refractivity contribution >= 4 is 17.7 Å². The van der Waals surface area contributed by atoms with E-state index in [0.717, 1.165) is 12.0 Å². The van der Waals surface area contributed by atoms with Crippen molar-refractivity contribution in [2.75, 3.05) is 20.2 Å². The number of benzene rings is 2. The molecule has 2 aromatic carbocycles. The van der Waals surface area contributed by atoms with Crippen molar-refractivity contribution in [1.29, 1.82) is 0 Å². The van der Waals surface area contributed by atoms with Crippen LogP contribution in [0.1, 0.15) is 34.8 Å². The van der Waals surface area contributed by atoms with Gasteiger partial charge in [-0.15, -0.1) is 0 Å². The topological polar surface area (TPSA) is 72.9 Å². The van der Waals surface area contributed by atoms with Crippen LogP contribution in [-0.4, -0.2) is 42.8 Å². The van der Waals surface area contributed by atoms with Gasteiger partial charge in [0.1, 0.15) is 12.4 Å². The number of ether oxygens (including phenoxy) is 2. The fraction of sp³-hybridized carbons (Fsp3) is 0.348. The summed E-state index contributed by atoms with van der Waals surface area (Å²) in [5.74, 6) is -0.430. The predicted molar refractivity (Wildman–Crippen MR) is 108 cm³/mol. The van der Waals surface area contributed by atoms with E-state index in [1.54, 1.807) is 23.1 Å². The molecule has 0 spiro atoms. The second-order valence-corrected chi connectivity index (χ2v) is 7.17. The molecular weight excluding hydrogens is 370 g/mol. The van der Waals surface area contributed by atoms with E-state index in [9.17, 15) is 14.4 Å². The van der Waals surface area contributed by atoms with Crippen molar-refractivity contribution in [2.45, 2.75) is 26.4 Å². The van der Waals surface area contributed by atoms with Crippen molar-refractivity contribution in [2.24, 2.45) is 5.92 Å². The van der Waals surface area contributed by atoms with Crippen LogP contribution in [0.3, 0.4) is 0 Å². The van der Waals surface area contributed by atoms with E-state index in [2.05, 4.69) is 0 Å². The van der Waals surface area contributed by atoms with Crippen LogP contribution in [0.25, 0.3) is 0 Å². The number of hydrogen-bond donors (Lipinski definition) is 0. The minimum absolute atomic E-state index is 0.00215. The minimum Gasteiger partial charge on any atom is -0.496 e. The minimum atomic E-state index is -0.472. The average Bonchev–Trinajstić information content (AvgIpc) is 3.11. The summed E-state index contributed by atoms with van der Waals surface area (Å²) >= 11 is 0. The van der Waals surface area contributed by atoms with E-state index in [-0.39, 0.29) is 24.7 Å². The number of carbonyl (C=O) groups excluding carboxylic acids is 3. The van der Waals surface area contributed by atoms with Gasteiger partial charge in [-0.3, -0.25) is 14.4 Å². The van der Waals surface area contributed by atoms with E-state index in [4.69, 9.17) is 9.47 Å². The maximum Gasteiger partial charge on any atom is 0.311 e. The molecule has 0 unspecified atom stereocenters. The fourth-order valence-electron chi connectivity index (χ4n) is 3.43. The summed E-state index contributed by atoms with van der Waals surface area (Å²) in [4.78, 5) is 38.1. The molecule has 1 aliphatic rings. The van der Waals surface area contributed by atoms with Crippen LogP contribution in [0.15, 0.2) is 48.5 Å². The number of ketones is 1. The zero-order valence-electron chi connectivity index (χ0n) is 16.7. The lowest BCUT2D eigenvalue weighted by molar-refractivity contribution is -0.149. The number of esters is 1. The van der Waals surface area contributed by atoms with Gasteiger partial charge in [0, 0.05) is 30.6 Å². The van der Waals surface area contributed by atoms with Crippen molar-refractivity contribution in [3.8, 4) is 5.75 Å². The summed E-state index contributed by atoms with van der Waals surface area (Å²) in [5.41, 5.74) is 2.31. The molecule has 29 heavy (non-hydrogen) atoms. The highest BCUT2D eigenvalue weighted by atomic mass is 16.5. The van der Waals surface area contributed by atoms with Crippen LogP contribution < -0.4 is 4.74 Å². The molecule has 152 valence electrons. The molecule has 1 amide bonds. The van der Waals surface area contributed by atoms with Crippen LogP contribution in [0.5, 0.6) is 5.75 Å². The van der Waals surface area contributed by atoms with Gasteiger partial charge >= 0.3 is 5.97 Å². The molecule has 1 fully saturated rings. The lowest BCUT2D eigenvalue weighted by atomic mass is 10.1. The summed E-state index contributed by atoms with van der Waals surface area (Å²) in [6.45, 7) is 2.43. The molecule has 0 aromatic heterocycles. The number of rotatable bonds is 8. The third-order valence-corrected chi connectivity index (χ3v) is 5.12. The largest absolute Gasteiger partial charge is 0.496 e. The van der Waals surface area contributed by atoms with Gasteiger partial charge in [0.25, 0.3) is 0 Å². The Hall–Kier alpha value is -3.15. The monoisotopic (exact) mass is 395 g/mol. The lowest BCUT2D eigenvalue weighted by Crippen LogP contribution is -2.28. The van der Waals surface area contributed by atoms with Crippen LogP contribution in [-0.2, 0) is 27.4 Å². The summed E-state index contributed by atoms with van der Waals surface area (Å²) in [7, 11) is 1.52. The Kier molecular flexibility index (Phi) is 6.65. The Labute approximate surface area is 170 Å². The SMILES string of the molecule is COc1ccc(C(C)=O)cc1COC(=O)[C@@H]1CC(=O)N(CCc2ccccc2)C1. The Bertz CT molecular complexity index is 893. The third kappa shape index (κ3) is 5.22. The van der Waals surface area contributed by atoms with Crippen LogP contribution in [0.4, 0.5) is 0 Å². The summed E-state index contributed by atoms with van der Waals surface area (Å²) in [6.07, 6.45) is 0.918. The van der Waals surface area contributed by atoms with Crippen molar-refractivity contribution in [3.05, 3.63) is 65.2 Å². The summed E-state index contributed by atoms with van der Waals surface area (Å²) < 4.78 is 10.7. The van der Waals surface area contributed by atoms with E-state index < -0.39 is 11.9 Å². The Morgan fingerprint density at radius 3 is 2.59 bits per heavy atom. The lowest BCUT2D eigenvalue weighted by Gasteiger charge is -2.16. The number of hydrogen-bond acceptors (Lipinski definition) is 5. The Morgan fingerprint density at radius 2 is 1.90 bits per heavy atom. The molecule has 2 aromatic rings. The van der Waals surface area contributed by atoms with E-state index in [0.29, 0.717) is 30.0 Å². The average molecular weight is 395 g/mol. The number of amides is 1. The van der Waals surface area contributed by atoms with Gasteiger partial charge in [-0.2, -0.15) is 0 Å². The summed E-state index contributed by atoms with van der Waals surface area (Å²) in [5, 5.41) is 0. The smallest absolute Gasteiger partial charge is 0.311 e. The number of nitrogens with zero attached hydrogens (tertiary/aromatic N) is 1. The Morgan fingerprint density at radius 1 is 1.14 bits per heavy atom. The molecular formula is C23H25NO5. The van der Waals surface area contributed by atoms with Gasteiger partial charge in [0.15, 0.2) is 5.78 Å². The molecule has 0 N–H and O–H groups in total. The molecule has 1 atom stereocenters. The molecule has 6 nitrogen and oxygen atoms in total. The Balaban J connectivity index is 1.55. The van der Waals surface area contributed by atoms with Crippen LogP contribution >= 0.6 is 0 Å². The number of Topliss-reactive ketones (excluding diaryl/α,β-unsaturated/α-hetero) is 1. The van der Waals surface area contributed by atoms with Gasteiger partial charge < -0.3 is 14.4 Å². The third-order valence-electron chi connectivity index (χ3n) is 5.12.